The Morgan fingerprint density at radius 2 is 2.27 bits per heavy atom. The summed E-state index contributed by atoms with van der Waals surface area (Å²) in [4.78, 5) is 11.2. The van der Waals surface area contributed by atoms with E-state index < -0.39 is 4.33 Å². The van der Waals surface area contributed by atoms with Gasteiger partial charge >= 0.3 is 0 Å². The SMILES string of the molecule is COCCNC(=O)CCCC1CC1(Cl)Cl. The summed E-state index contributed by atoms with van der Waals surface area (Å²) >= 11 is 11.7. The van der Waals surface area contributed by atoms with E-state index >= 15 is 0 Å². The fraction of sp³-hybridized carbons (Fsp3) is 0.900. The van der Waals surface area contributed by atoms with Gasteiger partial charge in [-0.05, 0) is 25.2 Å². The Morgan fingerprint density at radius 1 is 1.60 bits per heavy atom. The van der Waals surface area contributed by atoms with E-state index in [0.717, 1.165) is 19.3 Å². The first-order valence-corrected chi connectivity index (χ1v) is 5.95. The topological polar surface area (TPSA) is 38.3 Å². The average Bonchev–Trinajstić information content (AvgIpc) is 2.74. The largest absolute Gasteiger partial charge is 0.383 e. The zero-order valence-electron chi connectivity index (χ0n) is 8.89. The highest BCUT2D eigenvalue weighted by molar-refractivity contribution is 6.50. The second-order valence-electron chi connectivity index (χ2n) is 3.90. The molecule has 1 aliphatic rings. The highest BCUT2D eigenvalue weighted by Gasteiger charge is 2.50. The lowest BCUT2D eigenvalue weighted by Gasteiger charge is -2.04. The van der Waals surface area contributed by atoms with Crippen molar-refractivity contribution in [3.05, 3.63) is 0 Å². The molecule has 0 bridgehead atoms. The van der Waals surface area contributed by atoms with Crippen LogP contribution in [0.3, 0.4) is 0 Å². The lowest BCUT2D eigenvalue weighted by molar-refractivity contribution is -0.121. The first-order valence-electron chi connectivity index (χ1n) is 5.19. The normalized spacial score (nSPS) is 22.5. The van der Waals surface area contributed by atoms with Gasteiger partial charge in [-0.15, -0.1) is 23.2 Å². The summed E-state index contributed by atoms with van der Waals surface area (Å²) in [6.07, 6.45) is 3.20. The van der Waals surface area contributed by atoms with Gasteiger partial charge in [0.25, 0.3) is 0 Å². The Labute approximate surface area is 100 Å². The number of rotatable bonds is 7. The van der Waals surface area contributed by atoms with Crippen molar-refractivity contribution in [3.63, 3.8) is 0 Å². The highest BCUT2D eigenvalue weighted by atomic mass is 35.5. The maximum atomic E-state index is 11.2. The minimum absolute atomic E-state index is 0.0717. The van der Waals surface area contributed by atoms with Crippen LogP contribution in [0.4, 0.5) is 0 Å². The first-order chi connectivity index (χ1) is 7.06. The Morgan fingerprint density at radius 3 is 2.80 bits per heavy atom. The van der Waals surface area contributed by atoms with Gasteiger partial charge in [-0.3, -0.25) is 4.79 Å². The molecule has 0 aromatic heterocycles. The molecule has 88 valence electrons. The van der Waals surface area contributed by atoms with Crippen LogP contribution in [0.5, 0.6) is 0 Å². The average molecular weight is 254 g/mol. The third kappa shape index (κ3) is 5.05. The number of nitrogens with one attached hydrogen (secondary N) is 1. The molecule has 15 heavy (non-hydrogen) atoms. The van der Waals surface area contributed by atoms with Crippen molar-refractivity contribution < 1.29 is 9.53 Å². The number of hydrogen-bond donors (Lipinski definition) is 1. The molecule has 0 aromatic rings. The minimum atomic E-state index is -0.507. The molecule has 1 N–H and O–H groups in total. The van der Waals surface area contributed by atoms with Gasteiger partial charge in [0.1, 0.15) is 4.33 Å². The maximum absolute atomic E-state index is 11.2. The van der Waals surface area contributed by atoms with Crippen LogP contribution in [0.25, 0.3) is 0 Å². The van der Waals surface area contributed by atoms with E-state index in [4.69, 9.17) is 27.9 Å². The van der Waals surface area contributed by atoms with Crippen molar-refractivity contribution in [2.45, 2.75) is 30.0 Å². The van der Waals surface area contributed by atoms with Crippen LogP contribution in [0.1, 0.15) is 25.7 Å². The molecular formula is C10H17Cl2NO2. The van der Waals surface area contributed by atoms with Crippen LogP contribution in [0.15, 0.2) is 0 Å². The summed E-state index contributed by atoms with van der Waals surface area (Å²) in [5.74, 6) is 0.454. The molecule has 1 amide bonds. The molecule has 1 saturated carbocycles. The molecule has 0 saturated heterocycles. The van der Waals surface area contributed by atoms with Crippen molar-refractivity contribution in [2.75, 3.05) is 20.3 Å². The third-order valence-electron chi connectivity index (χ3n) is 2.54. The van der Waals surface area contributed by atoms with E-state index in [1.807, 2.05) is 0 Å². The fourth-order valence-electron chi connectivity index (χ4n) is 1.47. The molecule has 0 aliphatic heterocycles. The Balaban J connectivity index is 1.94. The summed E-state index contributed by atoms with van der Waals surface area (Å²) in [6, 6.07) is 0. The van der Waals surface area contributed by atoms with Gasteiger partial charge in [-0.1, -0.05) is 0 Å². The molecule has 0 heterocycles. The number of alkyl halides is 2. The zero-order valence-corrected chi connectivity index (χ0v) is 10.4. The van der Waals surface area contributed by atoms with Gasteiger partial charge in [0, 0.05) is 20.1 Å². The quantitative estimate of drug-likeness (QED) is 0.558. The Kier molecular flexibility index (Phi) is 5.16. The molecule has 0 spiro atoms. The van der Waals surface area contributed by atoms with E-state index in [2.05, 4.69) is 5.32 Å². The van der Waals surface area contributed by atoms with E-state index in [9.17, 15) is 4.79 Å². The van der Waals surface area contributed by atoms with Gasteiger partial charge in [0.15, 0.2) is 0 Å². The maximum Gasteiger partial charge on any atom is 0.220 e. The van der Waals surface area contributed by atoms with Crippen LogP contribution < -0.4 is 5.32 Å². The number of amides is 1. The summed E-state index contributed by atoms with van der Waals surface area (Å²) in [5.41, 5.74) is 0. The smallest absolute Gasteiger partial charge is 0.220 e. The summed E-state index contributed by atoms with van der Waals surface area (Å²) in [5, 5.41) is 2.77. The van der Waals surface area contributed by atoms with Gasteiger partial charge in [0.05, 0.1) is 6.61 Å². The second kappa shape index (κ2) is 5.92. The number of hydrogen-bond acceptors (Lipinski definition) is 2. The number of ether oxygens (including phenoxy) is 1. The van der Waals surface area contributed by atoms with Crippen LogP contribution in [-0.4, -0.2) is 30.5 Å². The van der Waals surface area contributed by atoms with E-state index in [1.165, 1.54) is 0 Å². The monoisotopic (exact) mass is 253 g/mol. The molecule has 1 atom stereocenters. The number of carbonyl (C=O) groups excluding carboxylic acids is 1. The number of halogens is 2. The Bertz CT molecular complexity index is 221. The van der Waals surface area contributed by atoms with Gasteiger partial charge in [-0.2, -0.15) is 0 Å². The summed E-state index contributed by atoms with van der Waals surface area (Å²) in [7, 11) is 1.61. The molecule has 3 nitrogen and oxygen atoms in total. The van der Waals surface area contributed by atoms with Crippen molar-refractivity contribution in [3.8, 4) is 0 Å². The molecule has 0 radical (unpaired) electrons. The van der Waals surface area contributed by atoms with Crippen LogP contribution >= 0.6 is 23.2 Å². The molecule has 1 aliphatic carbocycles. The molecule has 5 heteroatoms. The van der Waals surface area contributed by atoms with Gasteiger partial charge in [-0.25, -0.2) is 0 Å². The van der Waals surface area contributed by atoms with Crippen molar-refractivity contribution in [1.29, 1.82) is 0 Å². The third-order valence-corrected chi connectivity index (χ3v) is 3.47. The standard InChI is InChI=1S/C10H17Cl2NO2/c1-15-6-5-13-9(14)4-2-3-8-7-10(8,11)12/h8H,2-7H2,1H3,(H,13,14). The fourth-order valence-corrected chi connectivity index (χ4v) is 2.06. The van der Waals surface area contributed by atoms with Crippen molar-refractivity contribution in [1.82, 2.24) is 5.32 Å². The molecule has 1 fully saturated rings. The number of carbonyl (C=O) groups is 1. The first kappa shape index (κ1) is 13.1. The van der Waals surface area contributed by atoms with Crippen molar-refractivity contribution in [2.24, 2.45) is 5.92 Å². The highest BCUT2D eigenvalue weighted by Crippen LogP contribution is 2.55. The van der Waals surface area contributed by atoms with Crippen LogP contribution in [0.2, 0.25) is 0 Å². The Hall–Kier alpha value is 0.01000. The molecule has 1 unspecified atom stereocenters. The van der Waals surface area contributed by atoms with Gasteiger partial charge < -0.3 is 10.1 Å². The molecular weight excluding hydrogens is 237 g/mol. The van der Waals surface area contributed by atoms with E-state index in [-0.39, 0.29) is 5.91 Å². The zero-order chi connectivity index (χ0) is 11.3. The van der Waals surface area contributed by atoms with Crippen molar-refractivity contribution >= 4 is 29.1 Å². The predicted molar refractivity (Wildman–Crippen MR) is 61.3 cm³/mol. The van der Waals surface area contributed by atoms with E-state index in [0.29, 0.717) is 25.5 Å². The summed E-state index contributed by atoms with van der Waals surface area (Å²) in [6.45, 7) is 1.13. The molecule has 1 rings (SSSR count). The van der Waals surface area contributed by atoms with Crippen LogP contribution in [0, 0.1) is 5.92 Å². The minimum Gasteiger partial charge on any atom is -0.383 e. The lowest BCUT2D eigenvalue weighted by Crippen LogP contribution is -2.26. The van der Waals surface area contributed by atoms with Crippen LogP contribution in [-0.2, 0) is 9.53 Å². The molecule has 0 aromatic carbocycles. The predicted octanol–water partition coefficient (Wildman–Crippen LogP) is 2.11. The number of methoxy groups -OCH3 is 1. The van der Waals surface area contributed by atoms with Gasteiger partial charge in [0.2, 0.25) is 5.91 Å². The lowest BCUT2D eigenvalue weighted by atomic mass is 10.2. The van der Waals surface area contributed by atoms with E-state index in [1.54, 1.807) is 7.11 Å². The second-order valence-corrected chi connectivity index (χ2v) is 5.44. The summed E-state index contributed by atoms with van der Waals surface area (Å²) < 4.78 is 4.32.